The maximum absolute atomic E-state index is 13.2. The molecular formula is C23H27N3O5. The van der Waals surface area contributed by atoms with Gasteiger partial charge >= 0.3 is 6.03 Å². The molecule has 8 heteroatoms. The summed E-state index contributed by atoms with van der Waals surface area (Å²) in [5.74, 6) is 0.673. The first kappa shape index (κ1) is 22.1. The van der Waals surface area contributed by atoms with Crippen molar-refractivity contribution in [1.29, 1.82) is 0 Å². The minimum absolute atomic E-state index is 0.129. The quantitative estimate of drug-likeness (QED) is 0.654. The normalized spacial score (nSPS) is 16.1. The van der Waals surface area contributed by atoms with Crippen molar-refractivity contribution < 1.29 is 23.9 Å². The number of imide groups is 1. The molecule has 1 saturated heterocycles. The molecule has 4 amide bonds. The molecule has 0 bridgehead atoms. The number of carbonyl (C=O) groups is 3. The summed E-state index contributed by atoms with van der Waals surface area (Å²) in [4.78, 5) is 41.5. The van der Waals surface area contributed by atoms with E-state index in [1.165, 1.54) is 4.90 Å². The fourth-order valence-corrected chi connectivity index (χ4v) is 3.47. The van der Waals surface area contributed by atoms with Crippen molar-refractivity contribution in [2.24, 2.45) is 5.92 Å². The lowest BCUT2D eigenvalue weighted by Gasteiger charge is -2.23. The van der Waals surface area contributed by atoms with Gasteiger partial charge in [-0.25, -0.2) is 9.69 Å². The zero-order valence-electron chi connectivity index (χ0n) is 18.1. The SMILES string of the molecule is COc1ccc(NC(=O)C[C@@H]2C(=O)N(c3ccc(OC)cc3)C(=O)N2CC(C)C)cc1. The predicted octanol–water partition coefficient (Wildman–Crippen LogP) is 3.53. The summed E-state index contributed by atoms with van der Waals surface area (Å²) in [6.45, 7) is 4.29. The van der Waals surface area contributed by atoms with Crippen LogP contribution in [0.25, 0.3) is 0 Å². The predicted molar refractivity (Wildman–Crippen MR) is 117 cm³/mol. The van der Waals surface area contributed by atoms with Crippen LogP contribution in [0.4, 0.5) is 16.2 Å². The summed E-state index contributed by atoms with van der Waals surface area (Å²) >= 11 is 0. The number of anilines is 2. The number of carbonyl (C=O) groups excluding carboxylic acids is 3. The Balaban J connectivity index is 1.79. The second kappa shape index (κ2) is 9.51. The van der Waals surface area contributed by atoms with E-state index in [-0.39, 0.29) is 18.2 Å². The lowest BCUT2D eigenvalue weighted by atomic mass is 10.1. The number of rotatable bonds is 8. The van der Waals surface area contributed by atoms with Crippen molar-refractivity contribution >= 4 is 29.2 Å². The van der Waals surface area contributed by atoms with Crippen molar-refractivity contribution in [3.05, 3.63) is 48.5 Å². The summed E-state index contributed by atoms with van der Waals surface area (Å²) < 4.78 is 10.3. The van der Waals surface area contributed by atoms with Gasteiger partial charge in [0, 0.05) is 12.2 Å². The van der Waals surface area contributed by atoms with Gasteiger partial charge in [0.05, 0.1) is 26.3 Å². The molecule has 3 rings (SSSR count). The van der Waals surface area contributed by atoms with E-state index in [9.17, 15) is 14.4 Å². The number of amides is 4. The number of hydrogen-bond donors (Lipinski definition) is 1. The highest BCUT2D eigenvalue weighted by Gasteiger charge is 2.46. The zero-order chi connectivity index (χ0) is 22.5. The number of nitrogens with zero attached hydrogens (tertiary/aromatic N) is 2. The average molecular weight is 425 g/mol. The summed E-state index contributed by atoms with van der Waals surface area (Å²) in [5, 5.41) is 2.78. The monoisotopic (exact) mass is 425 g/mol. The van der Waals surface area contributed by atoms with E-state index in [0.29, 0.717) is 29.4 Å². The van der Waals surface area contributed by atoms with Crippen molar-refractivity contribution in [3.63, 3.8) is 0 Å². The molecule has 2 aromatic carbocycles. The van der Waals surface area contributed by atoms with Gasteiger partial charge in [0.15, 0.2) is 0 Å². The maximum atomic E-state index is 13.2. The van der Waals surface area contributed by atoms with Crippen molar-refractivity contribution in [2.75, 3.05) is 31.0 Å². The number of ether oxygens (including phenoxy) is 2. The lowest BCUT2D eigenvalue weighted by Crippen LogP contribution is -2.40. The first-order valence-electron chi connectivity index (χ1n) is 10.1. The number of urea groups is 1. The Morgan fingerprint density at radius 3 is 2.03 bits per heavy atom. The molecule has 0 aromatic heterocycles. The Morgan fingerprint density at radius 1 is 0.968 bits per heavy atom. The van der Waals surface area contributed by atoms with Gasteiger partial charge in [0.2, 0.25) is 5.91 Å². The van der Waals surface area contributed by atoms with Gasteiger partial charge in [-0.2, -0.15) is 0 Å². The molecule has 0 spiro atoms. The van der Waals surface area contributed by atoms with Crippen LogP contribution in [0.5, 0.6) is 11.5 Å². The molecule has 1 aliphatic heterocycles. The molecule has 1 fully saturated rings. The lowest BCUT2D eigenvalue weighted by molar-refractivity contribution is -0.124. The molecule has 0 saturated carbocycles. The van der Waals surface area contributed by atoms with Crippen LogP contribution in [-0.2, 0) is 9.59 Å². The largest absolute Gasteiger partial charge is 0.497 e. The number of nitrogens with one attached hydrogen (secondary N) is 1. The molecule has 0 radical (unpaired) electrons. The third-order valence-corrected chi connectivity index (χ3v) is 4.96. The molecule has 164 valence electrons. The molecule has 1 N–H and O–H groups in total. The van der Waals surface area contributed by atoms with Gasteiger partial charge in [-0.05, 0) is 54.4 Å². The number of hydrogen-bond acceptors (Lipinski definition) is 5. The minimum atomic E-state index is -0.866. The van der Waals surface area contributed by atoms with Gasteiger partial charge in [-0.3, -0.25) is 9.59 Å². The summed E-state index contributed by atoms with van der Waals surface area (Å²) in [5.41, 5.74) is 1.03. The first-order chi connectivity index (χ1) is 14.8. The van der Waals surface area contributed by atoms with Gasteiger partial charge in [0.1, 0.15) is 17.5 Å². The standard InChI is InChI=1S/C23H27N3O5/c1-15(2)14-25-20(13-21(27)24-16-5-9-18(30-3)10-6-16)22(28)26(23(25)29)17-7-11-19(31-4)12-8-17/h5-12,15,20H,13-14H2,1-4H3,(H,24,27)/t20-/m1/s1. The maximum Gasteiger partial charge on any atom is 0.332 e. The number of methoxy groups -OCH3 is 2. The molecule has 1 heterocycles. The van der Waals surface area contributed by atoms with Crippen LogP contribution in [-0.4, -0.2) is 49.6 Å². The van der Waals surface area contributed by atoms with Crippen LogP contribution in [0, 0.1) is 5.92 Å². The van der Waals surface area contributed by atoms with Gasteiger partial charge in [-0.1, -0.05) is 13.8 Å². The Bertz CT molecular complexity index is 941. The highest BCUT2D eigenvalue weighted by Crippen LogP contribution is 2.29. The zero-order valence-corrected chi connectivity index (χ0v) is 18.1. The Hall–Kier alpha value is -3.55. The minimum Gasteiger partial charge on any atom is -0.497 e. The van der Waals surface area contributed by atoms with Crippen LogP contribution >= 0.6 is 0 Å². The average Bonchev–Trinajstić information content (AvgIpc) is 2.98. The number of benzene rings is 2. The highest BCUT2D eigenvalue weighted by atomic mass is 16.5. The van der Waals surface area contributed by atoms with Gasteiger partial charge in [-0.15, -0.1) is 0 Å². The summed E-state index contributed by atoms with van der Waals surface area (Å²) in [7, 11) is 3.11. The third-order valence-electron chi connectivity index (χ3n) is 4.96. The van der Waals surface area contributed by atoms with E-state index in [0.717, 1.165) is 4.90 Å². The Morgan fingerprint density at radius 2 is 1.52 bits per heavy atom. The second-order valence-electron chi connectivity index (χ2n) is 7.70. The highest BCUT2D eigenvalue weighted by molar-refractivity contribution is 6.22. The molecule has 0 unspecified atom stereocenters. The van der Waals surface area contributed by atoms with E-state index in [1.807, 2.05) is 13.8 Å². The fourth-order valence-electron chi connectivity index (χ4n) is 3.47. The van der Waals surface area contributed by atoms with E-state index < -0.39 is 18.0 Å². The molecule has 0 aliphatic carbocycles. The van der Waals surface area contributed by atoms with Crippen molar-refractivity contribution in [1.82, 2.24) is 4.90 Å². The van der Waals surface area contributed by atoms with E-state index in [2.05, 4.69) is 5.32 Å². The van der Waals surface area contributed by atoms with Gasteiger partial charge in [0.25, 0.3) is 5.91 Å². The van der Waals surface area contributed by atoms with E-state index in [4.69, 9.17) is 9.47 Å². The molecule has 1 atom stereocenters. The molecule has 8 nitrogen and oxygen atoms in total. The fraction of sp³-hybridized carbons (Fsp3) is 0.348. The smallest absolute Gasteiger partial charge is 0.332 e. The Labute approximate surface area is 181 Å². The molecule has 2 aromatic rings. The van der Waals surface area contributed by atoms with Crippen LogP contribution < -0.4 is 19.7 Å². The Kier molecular flexibility index (Phi) is 6.79. The summed E-state index contributed by atoms with van der Waals surface area (Å²) in [6, 6.07) is 12.3. The van der Waals surface area contributed by atoms with Crippen LogP contribution in [0.2, 0.25) is 0 Å². The van der Waals surface area contributed by atoms with Crippen molar-refractivity contribution in [2.45, 2.75) is 26.3 Å². The molecule has 1 aliphatic rings. The van der Waals surface area contributed by atoms with E-state index in [1.54, 1.807) is 62.8 Å². The first-order valence-corrected chi connectivity index (χ1v) is 10.1. The third kappa shape index (κ3) is 4.96. The van der Waals surface area contributed by atoms with Crippen LogP contribution in [0.1, 0.15) is 20.3 Å². The second-order valence-corrected chi connectivity index (χ2v) is 7.70. The molecular weight excluding hydrogens is 398 g/mol. The van der Waals surface area contributed by atoms with E-state index >= 15 is 0 Å². The molecule has 31 heavy (non-hydrogen) atoms. The van der Waals surface area contributed by atoms with Gasteiger partial charge < -0.3 is 19.7 Å². The van der Waals surface area contributed by atoms with Crippen molar-refractivity contribution in [3.8, 4) is 11.5 Å². The topological polar surface area (TPSA) is 88.2 Å². The van der Waals surface area contributed by atoms with Crippen LogP contribution in [0.15, 0.2) is 48.5 Å². The summed E-state index contributed by atoms with van der Waals surface area (Å²) in [6.07, 6.45) is -0.129. The van der Waals surface area contributed by atoms with Crippen LogP contribution in [0.3, 0.4) is 0 Å².